The summed E-state index contributed by atoms with van der Waals surface area (Å²) in [6.07, 6.45) is 1.54. The fourth-order valence-electron chi connectivity index (χ4n) is 5.61. The summed E-state index contributed by atoms with van der Waals surface area (Å²) in [5.41, 5.74) is 2.24. The van der Waals surface area contributed by atoms with E-state index in [-0.39, 0.29) is 23.9 Å². The summed E-state index contributed by atoms with van der Waals surface area (Å²) in [5.74, 6) is -0.375. The lowest BCUT2D eigenvalue weighted by atomic mass is 9.93. The van der Waals surface area contributed by atoms with Crippen molar-refractivity contribution in [2.45, 2.75) is 17.4 Å². The third-order valence-electron chi connectivity index (χ3n) is 8.04. The lowest BCUT2D eigenvalue weighted by Gasteiger charge is -2.35. The van der Waals surface area contributed by atoms with E-state index in [4.69, 9.17) is 4.42 Å². The molecule has 0 spiro atoms. The number of nitrogens with zero attached hydrogens (tertiary/aromatic N) is 4. The highest BCUT2D eigenvalue weighted by Gasteiger charge is 2.43. The number of carbonyl (C=O) groups excluding carboxylic acids is 1. The standard InChI is InChI=1S/C28H32N4O5S/c1-28(34,23-4-3-5-24(14-23)30-11-9-29(2)10-12-30)27(33)31-16-21-18-32(19-22(21)17-31)38(35,36)25-7-6-20-8-13-37-26(20)15-25/h3-8,13-15,34H,9-12,16-19H2,1-2H3. The van der Waals surface area contributed by atoms with Gasteiger partial charge in [-0.05, 0) is 61.0 Å². The topological polar surface area (TPSA) is 97.5 Å². The van der Waals surface area contributed by atoms with Gasteiger partial charge in [0.05, 0.1) is 11.2 Å². The number of furan rings is 1. The van der Waals surface area contributed by atoms with Crippen LogP contribution < -0.4 is 4.90 Å². The van der Waals surface area contributed by atoms with E-state index < -0.39 is 15.6 Å². The van der Waals surface area contributed by atoms with Crippen molar-refractivity contribution >= 4 is 32.6 Å². The predicted octanol–water partition coefficient (Wildman–Crippen LogP) is 2.24. The number of fused-ring (bicyclic) bond motifs is 1. The molecule has 9 nitrogen and oxygen atoms in total. The predicted molar refractivity (Wildman–Crippen MR) is 144 cm³/mol. The Morgan fingerprint density at radius 2 is 1.66 bits per heavy atom. The Morgan fingerprint density at radius 1 is 0.947 bits per heavy atom. The Balaban J connectivity index is 1.13. The molecule has 38 heavy (non-hydrogen) atoms. The molecule has 1 N–H and O–H groups in total. The van der Waals surface area contributed by atoms with Gasteiger partial charge in [0.25, 0.3) is 5.91 Å². The first-order valence-corrected chi connectivity index (χ1v) is 14.3. The van der Waals surface area contributed by atoms with Gasteiger partial charge in [-0.1, -0.05) is 12.1 Å². The normalized spacial score (nSPS) is 20.8. The zero-order valence-corrected chi connectivity index (χ0v) is 22.4. The van der Waals surface area contributed by atoms with Crippen molar-refractivity contribution in [3.8, 4) is 0 Å². The van der Waals surface area contributed by atoms with Crippen LogP contribution in [0.3, 0.4) is 0 Å². The van der Waals surface area contributed by atoms with Crippen LogP contribution in [-0.4, -0.2) is 92.9 Å². The monoisotopic (exact) mass is 536 g/mol. The van der Waals surface area contributed by atoms with Crippen LogP contribution in [-0.2, 0) is 20.4 Å². The minimum atomic E-state index is -3.71. The lowest BCUT2D eigenvalue weighted by Crippen LogP contribution is -2.46. The molecule has 1 saturated heterocycles. The molecule has 10 heteroatoms. The maximum Gasteiger partial charge on any atom is 0.259 e. The molecular weight excluding hydrogens is 504 g/mol. The van der Waals surface area contributed by atoms with E-state index in [0.29, 0.717) is 24.2 Å². The molecule has 3 aliphatic rings. The fraction of sp³-hybridized carbons (Fsp3) is 0.393. The first-order chi connectivity index (χ1) is 18.1. The number of rotatable bonds is 5. The zero-order valence-electron chi connectivity index (χ0n) is 21.6. The largest absolute Gasteiger partial charge is 0.464 e. The van der Waals surface area contributed by atoms with Gasteiger partial charge in [0.2, 0.25) is 10.0 Å². The number of hydrogen-bond donors (Lipinski definition) is 1. The van der Waals surface area contributed by atoms with Gasteiger partial charge in [0, 0.05) is 69.5 Å². The number of likely N-dealkylation sites (N-methyl/N-ethyl adjacent to an activating group) is 1. The van der Waals surface area contributed by atoms with E-state index in [1.54, 1.807) is 42.2 Å². The SMILES string of the molecule is CN1CCN(c2cccc(C(C)(O)C(=O)N3CC4=C(C3)CN(S(=O)(=O)c3ccc5ccoc5c3)C4)c2)CC1. The summed E-state index contributed by atoms with van der Waals surface area (Å²) in [5, 5.41) is 12.2. The Bertz CT molecular complexity index is 1520. The van der Waals surface area contributed by atoms with Crippen LogP contribution in [0.4, 0.5) is 5.69 Å². The molecule has 1 aromatic heterocycles. The summed E-state index contributed by atoms with van der Waals surface area (Å²) in [6.45, 7) is 6.36. The van der Waals surface area contributed by atoms with E-state index in [1.165, 1.54) is 10.6 Å². The molecule has 3 aliphatic heterocycles. The molecule has 0 aliphatic carbocycles. The molecule has 200 valence electrons. The highest BCUT2D eigenvalue weighted by Crippen LogP contribution is 2.34. The van der Waals surface area contributed by atoms with Gasteiger partial charge >= 0.3 is 0 Å². The Hall–Kier alpha value is -3.18. The second-order valence-corrected chi connectivity index (χ2v) is 12.6. The maximum atomic E-state index is 13.5. The van der Waals surface area contributed by atoms with Crippen molar-refractivity contribution in [2.24, 2.45) is 0 Å². The van der Waals surface area contributed by atoms with Crippen LogP contribution in [0.25, 0.3) is 11.0 Å². The van der Waals surface area contributed by atoms with Gasteiger partial charge in [-0.3, -0.25) is 4.79 Å². The minimum absolute atomic E-state index is 0.192. The number of hydrogen-bond acceptors (Lipinski definition) is 7. The summed E-state index contributed by atoms with van der Waals surface area (Å²) < 4.78 is 33.4. The molecule has 2 aromatic carbocycles. The van der Waals surface area contributed by atoms with Crippen LogP contribution >= 0.6 is 0 Å². The maximum absolute atomic E-state index is 13.5. The summed E-state index contributed by atoms with van der Waals surface area (Å²) in [7, 11) is -1.60. The van der Waals surface area contributed by atoms with E-state index in [1.807, 2.05) is 18.2 Å². The lowest BCUT2D eigenvalue weighted by molar-refractivity contribution is -0.149. The number of aliphatic hydroxyl groups is 1. The average molecular weight is 537 g/mol. The minimum Gasteiger partial charge on any atom is -0.464 e. The average Bonchev–Trinajstić information content (AvgIpc) is 3.63. The van der Waals surface area contributed by atoms with Crippen molar-refractivity contribution in [3.05, 3.63) is 71.5 Å². The van der Waals surface area contributed by atoms with E-state index >= 15 is 0 Å². The molecule has 1 amide bonds. The molecule has 0 bridgehead atoms. The number of amides is 1. The van der Waals surface area contributed by atoms with Crippen molar-refractivity contribution in [3.63, 3.8) is 0 Å². The first kappa shape index (κ1) is 25.1. The second-order valence-electron chi connectivity index (χ2n) is 10.7. The summed E-state index contributed by atoms with van der Waals surface area (Å²) in [6, 6.07) is 14.3. The quantitative estimate of drug-likeness (QED) is 0.500. The second kappa shape index (κ2) is 9.23. The third-order valence-corrected chi connectivity index (χ3v) is 9.83. The molecular formula is C28H32N4O5S. The highest BCUT2D eigenvalue weighted by molar-refractivity contribution is 7.89. The van der Waals surface area contributed by atoms with Gasteiger partial charge < -0.3 is 24.2 Å². The molecule has 3 aromatic rings. The molecule has 4 heterocycles. The van der Waals surface area contributed by atoms with Gasteiger partial charge in [-0.15, -0.1) is 0 Å². The van der Waals surface area contributed by atoms with Crippen molar-refractivity contribution in [1.29, 1.82) is 0 Å². The first-order valence-electron chi connectivity index (χ1n) is 12.9. The van der Waals surface area contributed by atoms with Crippen molar-refractivity contribution in [2.75, 3.05) is 64.3 Å². The number of benzene rings is 2. The molecule has 6 rings (SSSR count). The van der Waals surface area contributed by atoms with Crippen molar-refractivity contribution < 1.29 is 22.7 Å². The van der Waals surface area contributed by atoms with Crippen LogP contribution in [0.1, 0.15) is 12.5 Å². The summed E-state index contributed by atoms with van der Waals surface area (Å²) >= 11 is 0. The number of piperazine rings is 1. The van der Waals surface area contributed by atoms with Gasteiger partial charge in [0.15, 0.2) is 5.60 Å². The molecule has 0 saturated carbocycles. The number of carbonyl (C=O) groups is 1. The molecule has 1 fully saturated rings. The molecule has 1 atom stereocenters. The van der Waals surface area contributed by atoms with Gasteiger partial charge in [-0.25, -0.2) is 8.42 Å². The molecule has 0 radical (unpaired) electrons. The van der Waals surface area contributed by atoms with Crippen LogP contribution in [0.15, 0.2) is 75.3 Å². The van der Waals surface area contributed by atoms with E-state index in [9.17, 15) is 18.3 Å². The Labute approximate surface area is 222 Å². The van der Waals surface area contributed by atoms with Crippen LogP contribution in [0, 0.1) is 0 Å². The van der Waals surface area contributed by atoms with E-state index in [2.05, 4.69) is 16.8 Å². The van der Waals surface area contributed by atoms with Gasteiger partial charge in [0.1, 0.15) is 5.58 Å². The van der Waals surface area contributed by atoms with Gasteiger partial charge in [-0.2, -0.15) is 4.31 Å². The Morgan fingerprint density at radius 3 is 2.37 bits per heavy atom. The zero-order chi connectivity index (χ0) is 26.7. The van der Waals surface area contributed by atoms with E-state index in [0.717, 1.165) is 48.4 Å². The van der Waals surface area contributed by atoms with Crippen LogP contribution in [0.2, 0.25) is 0 Å². The highest BCUT2D eigenvalue weighted by atomic mass is 32.2. The fourth-order valence-corrected chi connectivity index (χ4v) is 7.05. The smallest absolute Gasteiger partial charge is 0.259 e. The Kier molecular flexibility index (Phi) is 6.10. The van der Waals surface area contributed by atoms with Crippen molar-refractivity contribution in [1.82, 2.24) is 14.1 Å². The number of sulfonamides is 1. The third kappa shape index (κ3) is 4.31. The number of anilines is 1. The van der Waals surface area contributed by atoms with Crippen LogP contribution in [0.5, 0.6) is 0 Å². The summed E-state index contributed by atoms with van der Waals surface area (Å²) in [4.78, 5) is 19.9. The molecule has 1 unspecified atom stereocenters.